The van der Waals surface area contributed by atoms with Crippen molar-refractivity contribution in [1.29, 1.82) is 0 Å². The minimum atomic E-state index is 0.885. The summed E-state index contributed by atoms with van der Waals surface area (Å²) < 4.78 is 0. The zero-order valence-corrected chi connectivity index (χ0v) is 12.8. The Labute approximate surface area is 114 Å². The van der Waals surface area contributed by atoms with E-state index in [1.165, 1.54) is 57.9 Å². The molecule has 0 spiro atoms. The van der Waals surface area contributed by atoms with Crippen molar-refractivity contribution in [3.63, 3.8) is 0 Å². The summed E-state index contributed by atoms with van der Waals surface area (Å²) >= 11 is 0. The molecule has 0 radical (unpaired) electrons. The van der Waals surface area contributed by atoms with Crippen LogP contribution in [0.25, 0.3) is 0 Å². The van der Waals surface area contributed by atoms with E-state index in [9.17, 15) is 0 Å². The Bertz CT molecular complexity index is 234. The molecule has 106 valence electrons. The van der Waals surface area contributed by atoms with Gasteiger partial charge in [0.15, 0.2) is 0 Å². The lowest BCUT2D eigenvalue weighted by Gasteiger charge is -2.39. The summed E-state index contributed by atoms with van der Waals surface area (Å²) in [5.41, 5.74) is 0. The minimum Gasteiger partial charge on any atom is -0.314 e. The zero-order valence-electron chi connectivity index (χ0n) is 12.8. The van der Waals surface area contributed by atoms with Crippen LogP contribution in [-0.4, -0.2) is 12.6 Å². The van der Waals surface area contributed by atoms with E-state index in [-0.39, 0.29) is 0 Å². The summed E-state index contributed by atoms with van der Waals surface area (Å²) in [5, 5.41) is 3.78. The van der Waals surface area contributed by atoms with Crippen LogP contribution in [0.3, 0.4) is 0 Å². The minimum absolute atomic E-state index is 0.885. The van der Waals surface area contributed by atoms with Gasteiger partial charge in [-0.1, -0.05) is 46.5 Å². The van der Waals surface area contributed by atoms with Crippen LogP contribution >= 0.6 is 0 Å². The molecule has 0 heterocycles. The van der Waals surface area contributed by atoms with Crippen LogP contribution in [0.2, 0.25) is 0 Å². The molecule has 2 aliphatic rings. The molecule has 2 aliphatic carbocycles. The SMILES string of the molecule is CCCC1CCC(CNC2CC2)C(C(C)CC)C1. The fourth-order valence-electron chi connectivity index (χ4n) is 3.89. The Morgan fingerprint density at radius 3 is 2.50 bits per heavy atom. The van der Waals surface area contributed by atoms with Crippen molar-refractivity contribution in [3.8, 4) is 0 Å². The van der Waals surface area contributed by atoms with Crippen molar-refractivity contribution in [1.82, 2.24) is 5.32 Å². The van der Waals surface area contributed by atoms with Crippen molar-refractivity contribution < 1.29 is 0 Å². The summed E-state index contributed by atoms with van der Waals surface area (Å²) in [4.78, 5) is 0. The van der Waals surface area contributed by atoms with Crippen molar-refractivity contribution in [2.75, 3.05) is 6.54 Å². The topological polar surface area (TPSA) is 12.0 Å². The smallest absolute Gasteiger partial charge is 0.00683 e. The fraction of sp³-hybridized carbons (Fsp3) is 1.00. The van der Waals surface area contributed by atoms with E-state index in [1.54, 1.807) is 0 Å². The molecule has 0 amide bonds. The van der Waals surface area contributed by atoms with Crippen molar-refractivity contribution in [3.05, 3.63) is 0 Å². The lowest BCUT2D eigenvalue weighted by molar-refractivity contribution is 0.118. The van der Waals surface area contributed by atoms with Gasteiger partial charge in [-0.25, -0.2) is 0 Å². The van der Waals surface area contributed by atoms with Crippen LogP contribution in [-0.2, 0) is 0 Å². The summed E-state index contributed by atoms with van der Waals surface area (Å²) in [6, 6.07) is 0.885. The average molecular weight is 251 g/mol. The third-order valence-corrected chi connectivity index (χ3v) is 5.47. The van der Waals surface area contributed by atoms with Crippen LogP contribution in [0.1, 0.15) is 72.1 Å². The average Bonchev–Trinajstić information content (AvgIpc) is 3.20. The molecule has 0 aromatic carbocycles. The first kappa shape index (κ1) is 14.4. The predicted octanol–water partition coefficient (Wildman–Crippen LogP) is 4.62. The molecule has 4 atom stereocenters. The second-order valence-electron chi connectivity index (χ2n) is 6.96. The van der Waals surface area contributed by atoms with E-state index in [0.717, 1.165) is 29.7 Å². The van der Waals surface area contributed by atoms with E-state index in [4.69, 9.17) is 0 Å². The molecule has 0 aliphatic heterocycles. The Balaban J connectivity index is 1.85. The molecular formula is C17H33N. The summed E-state index contributed by atoms with van der Waals surface area (Å²) in [5.74, 6) is 3.92. The van der Waals surface area contributed by atoms with Gasteiger partial charge in [-0.15, -0.1) is 0 Å². The fourth-order valence-corrected chi connectivity index (χ4v) is 3.89. The highest BCUT2D eigenvalue weighted by Gasteiger charge is 2.33. The van der Waals surface area contributed by atoms with Gasteiger partial charge in [0.05, 0.1) is 0 Å². The third-order valence-electron chi connectivity index (χ3n) is 5.47. The van der Waals surface area contributed by atoms with Crippen molar-refractivity contribution in [2.24, 2.45) is 23.7 Å². The van der Waals surface area contributed by atoms with Crippen LogP contribution < -0.4 is 5.32 Å². The third kappa shape index (κ3) is 3.98. The molecule has 0 bridgehead atoms. The first-order chi connectivity index (χ1) is 8.74. The van der Waals surface area contributed by atoms with Crippen LogP contribution in [0.15, 0.2) is 0 Å². The van der Waals surface area contributed by atoms with Gasteiger partial charge in [-0.2, -0.15) is 0 Å². The number of hydrogen-bond donors (Lipinski definition) is 1. The Hall–Kier alpha value is -0.0400. The Morgan fingerprint density at radius 2 is 1.89 bits per heavy atom. The van der Waals surface area contributed by atoms with Gasteiger partial charge in [-0.05, 0) is 55.9 Å². The second-order valence-corrected chi connectivity index (χ2v) is 6.96. The summed E-state index contributed by atoms with van der Waals surface area (Å²) in [6.07, 6.45) is 11.6. The molecule has 0 saturated heterocycles. The van der Waals surface area contributed by atoms with Crippen LogP contribution in [0.4, 0.5) is 0 Å². The van der Waals surface area contributed by atoms with Crippen LogP contribution in [0.5, 0.6) is 0 Å². The monoisotopic (exact) mass is 251 g/mol. The largest absolute Gasteiger partial charge is 0.314 e. The van der Waals surface area contributed by atoms with Gasteiger partial charge >= 0.3 is 0 Å². The molecule has 0 aromatic rings. The molecule has 18 heavy (non-hydrogen) atoms. The normalized spacial score (nSPS) is 34.5. The Morgan fingerprint density at radius 1 is 1.11 bits per heavy atom. The van der Waals surface area contributed by atoms with E-state index in [1.807, 2.05) is 0 Å². The van der Waals surface area contributed by atoms with Gasteiger partial charge < -0.3 is 5.32 Å². The number of hydrogen-bond acceptors (Lipinski definition) is 1. The van der Waals surface area contributed by atoms with E-state index >= 15 is 0 Å². The number of nitrogens with one attached hydrogen (secondary N) is 1. The standard InChI is InChI=1S/C17H33N/c1-4-6-14-7-8-15(12-18-16-9-10-16)17(11-14)13(3)5-2/h13-18H,4-12H2,1-3H3. The Kier molecular flexibility index (Phi) is 5.54. The van der Waals surface area contributed by atoms with Gasteiger partial charge in [0.1, 0.15) is 0 Å². The lowest BCUT2D eigenvalue weighted by atomic mass is 9.67. The summed E-state index contributed by atoms with van der Waals surface area (Å²) in [6.45, 7) is 8.51. The van der Waals surface area contributed by atoms with E-state index < -0.39 is 0 Å². The highest BCUT2D eigenvalue weighted by Crippen LogP contribution is 2.41. The van der Waals surface area contributed by atoms with Gasteiger partial charge in [0.2, 0.25) is 0 Å². The van der Waals surface area contributed by atoms with Gasteiger partial charge in [0.25, 0.3) is 0 Å². The van der Waals surface area contributed by atoms with E-state index in [0.29, 0.717) is 0 Å². The molecule has 2 saturated carbocycles. The number of rotatable bonds is 7. The first-order valence-corrected chi connectivity index (χ1v) is 8.47. The molecule has 0 aromatic heterocycles. The van der Waals surface area contributed by atoms with E-state index in [2.05, 4.69) is 26.1 Å². The van der Waals surface area contributed by atoms with Gasteiger partial charge in [0, 0.05) is 6.04 Å². The lowest BCUT2D eigenvalue weighted by Crippen LogP contribution is -2.36. The van der Waals surface area contributed by atoms with Crippen LogP contribution in [0, 0.1) is 23.7 Å². The zero-order chi connectivity index (χ0) is 13.0. The molecule has 1 N–H and O–H groups in total. The summed E-state index contributed by atoms with van der Waals surface area (Å²) in [7, 11) is 0. The molecule has 2 fully saturated rings. The molecule has 4 unspecified atom stereocenters. The molecule has 1 heteroatoms. The maximum Gasteiger partial charge on any atom is 0.00683 e. The molecule has 2 rings (SSSR count). The highest BCUT2D eigenvalue weighted by atomic mass is 14.9. The molecule has 1 nitrogen and oxygen atoms in total. The van der Waals surface area contributed by atoms with Crippen molar-refractivity contribution >= 4 is 0 Å². The first-order valence-electron chi connectivity index (χ1n) is 8.47. The maximum absolute atomic E-state index is 3.78. The molecular weight excluding hydrogens is 218 g/mol. The van der Waals surface area contributed by atoms with Crippen molar-refractivity contribution in [2.45, 2.75) is 78.2 Å². The van der Waals surface area contributed by atoms with Gasteiger partial charge in [-0.3, -0.25) is 0 Å². The maximum atomic E-state index is 3.78. The predicted molar refractivity (Wildman–Crippen MR) is 79.7 cm³/mol. The quantitative estimate of drug-likeness (QED) is 0.696. The second kappa shape index (κ2) is 6.93. The highest BCUT2D eigenvalue weighted by molar-refractivity contribution is 4.87.